The molecule has 0 fully saturated rings. The fourth-order valence-electron chi connectivity index (χ4n) is 3.14. The van der Waals surface area contributed by atoms with Gasteiger partial charge in [-0.3, -0.25) is 4.79 Å². The fraction of sp³-hybridized carbons (Fsp3) is 0.292. The number of allylic oxidation sites excluding steroid dienone is 2. The second kappa shape index (κ2) is 8.95. The number of methoxy groups -OCH3 is 1. The number of ether oxygens (including phenoxy) is 2. The first-order chi connectivity index (χ1) is 14.4. The smallest absolute Gasteiger partial charge is 0.239 e. The Labute approximate surface area is 175 Å². The van der Waals surface area contributed by atoms with Crippen molar-refractivity contribution in [2.24, 2.45) is 0 Å². The molecule has 0 atom stereocenters. The molecule has 0 aliphatic carbocycles. The van der Waals surface area contributed by atoms with Crippen LogP contribution < -0.4 is 14.9 Å². The van der Waals surface area contributed by atoms with Crippen molar-refractivity contribution in [1.29, 1.82) is 0 Å². The monoisotopic (exact) mass is 410 g/mol. The summed E-state index contributed by atoms with van der Waals surface area (Å²) in [6.45, 7) is 6.14. The molecule has 0 aliphatic heterocycles. The Morgan fingerprint density at radius 2 is 1.83 bits per heavy atom. The lowest BCUT2D eigenvalue weighted by atomic mass is 10.0. The van der Waals surface area contributed by atoms with Crippen LogP contribution in [0.3, 0.4) is 0 Å². The van der Waals surface area contributed by atoms with Crippen LogP contribution >= 0.6 is 0 Å². The van der Waals surface area contributed by atoms with Crippen LogP contribution in [0.15, 0.2) is 51.2 Å². The van der Waals surface area contributed by atoms with Crippen molar-refractivity contribution in [2.75, 3.05) is 13.7 Å². The van der Waals surface area contributed by atoms with Gasteiger partial charge in [0.2, 0.25) is 11.2 Å². The van der Waals surface area contributed by atoms with Gasteiger partial charge in [-0.25, -0.2) is 0 Å². The van der Waals surface area contributed by atoms with Crippen LogP contribution in [0.2, 0.25) is 0 Å². The highest BCUT2D eigenvalue weighted by Gasteiger charge is 2.23. The Morgan fingerprint density at radius 3 is 2.43 bits per heavy atom. The van der Waals surface area contributed by atoms with Crippen LogP contribution in [-0.4, -0.2) is 23.9 Å². The second-order valence-corrected chi connectivity index (χ2v) is 7.25. The lowest BCUT2D eigenvalue weighted by Crippen LogP contribution is -2.11. The highest BCUT2D eigenvalue weighted by Crippen LogP contribution is 2.39. The van der Waals surface area contributed by atoms with E-state index < -0.39 is 5.43 Å². The molecule has 0 saturated heterocycles. The number of rotatable bonds is 7. The van der Waals surface area contributed by atoms with Crippen molar-refractivity contribution in [3.8, 4) is 34.3 Å². The molecule has 1 aromatic heterocycles. The van der Waals surface area contributed by atoms with E-state index in [2.05, 4.69) is 0 Å². The lowest BCUT2D eigenvalue weighted by molar-refractivity contribution is 0.308. The molecule has 0 radical (unpaired) electrons. The summed E-state index contributed by atoms with van der Waals surface area (Å²) in [6.07, 6.45) is 2.97. The minimum absolute atomic E-state index is 0.00618. The zero-order valence-corrected chi connectivity index (χ0v) is 17.6. The van der Waals surface area contributed by atoms with Crippen LogP contribution in [0.25, 0.3) is 22.3 Å². The van der Waals surface area contributed by atoms with Crippen LogP contribution in [0.5, 0.6) is 23.0 Å². The Balaban J connectivity index is 2.35. The number of aromatic hydroxyl groups is 2. The zero-order valence-electron chi connectivity index (χ0n) is 17.6. The zero-order chi connectivity index (χ0) is 21.8. The lowest BCUT2D eigenvalue weighted by Gasteiger charge is -2.14. The van der Waals surface area contributed by atoms with Gasteiger partial charge in [-0.15, -0.1) is 0 Å². The predicted octanol–water partition coefficient (Wildman–Crippen LogP) is 5.18. The molecule has 2 N–H and O–H groups in total. The summed E-state index contributed by atoms with van der Waals surface area (Å²) in [6, 6.07) is 8.21. The van der Waals surface area contributed by atoms with E-state index in [-0.39, 0.29) is 34.0 Å². The minimum atomic E-state index is -0.480. The second-order valence-electron chi connectivity index (χ2n) is 7.25. The highest BCUT2D eigenvalue weighted by molar-refractivity contribution is 5.91. The first kappa shape index (κ1) is 21.3. The molecule has 1 heterocycles. The van der Waals surface area contributed by atoms with Gasteiger partial charge in [0.15, 0.2) is 5.76 Å². The first-order valence-corrected chi connectivity index (χ1v) is 9.82. The Hall–Kier alpha value is -3.41. The summed E-state index contributed by atoms with van der Waals surface area (Å²) in [5.74, 6) is 0.455. The fourth-order valence-corrected chi connectivity index (χ4v) is 3.14. The maximum absolute atomic E-state index is 13.3. The summed E-state index contributed by atoms with van der Waals surface area (Å²) in [7, 11) is 1.57. The summed E-state index contributed by atoms with van der Waals surface area (Å²) < 4.78 is 17.1. The van der Waals surface area contributed by atoms with E-state index in [0.29, 0.717) is 36.3 Å². The molecule has 158 valence electrons. The van der Waals surface area contributed by atoms with Crippen LogP contribution in [0.4, 0.5) is 0 Å². The van der Waals surface area contributed by atoms with Crippen molar-refractivity contribution in [3.63, 3.8) is 0 Å². The van der Waals surface area contributed by atoms with Crippen molar-refractivity contribution < 1.29 is 24.1 Å². The standard InChI is InChI=1S/C24H26O6/c1-5-12-29-24-21(27)20-19(26)13-18(25)17(11-6-14(2)3)23(20)30-22(24)15-7-9-16(28-4)10-8-15/h6-10,13,25-26H,5,11-12H2,1-4H3. The number of hydrogen-bond donors (Lipinski definition) is 2. The maximum atomic E-state index is 13.3. The summed E-state index contributed by atoms with van der Waals surface area (Å²) in [4.78, 5) is 13.3. The molecule has 0 spiro atoms. The minimum Gasteiger partial charge on any atom is -0.507 e. The average Bonchev–Trinajstić information content (AvgIpc) is 2.72. The summed E-state index contributed by atoms with van der Waals surface area (Å²) >= 11 is 0. The molecule has 0 aliphatic rings. The van der Waals surface area contributed by atoms with E-state index in [1.807, 2.05) is 26.8 Å². The molecule has 3 rings (SSSR count). The van der Waals surface area contributed by atoms with E-state index in [0.717, 1.165) is 5.57 Å². The van der Waals surface area contributed by atoms with Crippen LogP contribution in [-0.2, 0) is 6.42 Å². The molecule has 0 unspecified atom stereocenters. The topological polar surface area (TPSA) is 89.1 Å². The number of hydrogen-bond acceptors (Lipinski definition) is 6. The Bertz CT molecular complexity index is 1140. The quantitative estimate of drug-likeness (QED) is 0.522. The molecule has 0 amide bonds. The number of fused-ring (bicyclic) bond motifs is 1. The van der Waals surface area contributed by atoms with Gasteiger partial charge < -0.3 is 24.1 Å². The van der Waals surface area contributed by atoms with Gasteiger partial charge in [0.1, 0.15) is 28.2 Å². The molecule has 30 heavy (non-hydrogen) atoms. The molecule has 3 aromatic rings. The van der Waals surface area contributed by atoms with E-state index in [9.17, 15) is 15.0 Å². The average molecular weight is 410 g/mol. The van der Waals surface area contributed by atoms with Gasteiger partial charge in [0, 0.05) is 17.2 Å². The number of benzene rings is 2. The molecule has 0 bridgehead atoms. The predicted molar refractivity (Wildman–Crippen MR) is 117 cm³/mol. The van der Waals surface area contributed by atoms with Crippen LogP contribution in [0.1, 0.15) is 32.8 Å². The molecular formula is C24H26O6. The third kappa shape index (κ3) is 4.13. The van der Waals surface area contributed by atoms with Crippen molar-refractivity contribution in [2.45, 2.75) is 33.6 Å². The molecule has 6 nitrogen and oxygen atoms in total. The summed E-state index contributed by atoms with van der Waals surface area (Å²) in [5.41, 5.74) is 1.77. The molecule has 0 saturated carbocycles. The van der Waals surface area contributed by atoms with Gasteiger partial charge in [-0.2, -0.15) is 0 Å². The highest BCUT2D eigenvalue weighted by atomic mass is 16.5. The van der Waals surface area contributed by atoms with E-state index in [1.54, 1.807) is 31.4 Å². The Morgan fingerprint density at radius 1 is 1.13 bits per heavy atom. The van der Waals surface area contributed by atoms with E-state index >= 15 is 0 Å². The van der Waals surface area contributed by atoms with Gasteiger partial charge in [0.25, 0.3) is 0 Å². The third-order valence-electron chi connectivity index (χ3n) is 4.70. The number of phenolic OH excluding ortho intramolecular Hbond substituents is 2. The molecular weight excluding hydrogens is 384 g/mol. The van der Waals surface area contributed by atoms with Crippen molar-refractivity contribution in [1.82, 2.24) is 0 Å². The maximum Gasteiger partial charge on any atom is 0.239 e. The van der Waals surface area contributed by atoms with E-state index in [4.69, 9.17) is 13.9 Å². The van der Waals surface area contributed by atoms with Gasteiger partial charge in [-0.05, 0) is 51.0 Å². The number of phenols is 2. The van der Waals surface area contributed by atoms with Gasteiger partial charge in [0.05, 0.1) is 13.7 Å². The van der Waals surface area contributed by atoms with Crippen LogP contribution in [0, 0.1) is 0 Å². The van der Waals surface area contributed by atoms with E-state index in [1.165, 1.54) is 6.07 Å². The Kier molecular flexibility index (Phi) is 6.35. The van der Waals surface area contributed by atoms with Crippen molar-refractivity contribution in [3.05, 3.63) is 57.8 Å². The summed E-state index contributed by atoms with van der Waals surface area (Å²) in [5, 5.41) is 20.8. The van der Waals surface area contributed by atoms with Crippen molar-refractivity contribution >= 4 is 11.0 Å². The largest absolute Gasteiger partial charge is 0.507 e. The SMILES string of the molecule is CCCOc1c(-c2ccc(OC)cc2)oc2c(CC=C(C)C)c(O)cc(O)c2c1=O. The van der Waals surface area contributed by atoms with Gasteiger partial charge in [-0.1, -0.05) is 18.6 Å². The molecule has 6 heteroatoms. The molecule has 2 aromatic carbocycles. The first-order valence-electron chi connectivity index (χ1n) is 9.82. The normalized spacial score (nSPS) is 10.8. The third-order valence-corrected chi connectivity index (χ3v) is 4.70. The van der Waals surface area contributed by atoms with Gasteiger partial charge >= 0.3 is 0 Å².